The number of anilines is 1. The lowest BCUT2D eigenvalue weighted by atomic mass is 10.2. The van der Waals surface area contributed by atoms with Gasteiger partial charge in [0.25, 0.3) is 5.69 Å². The molecule has 1 aromatic carbocycles. The fraction of sp³-hybridized carbons (Fsp3) is 0.364. The number of nitro benzene ring substituents is 1. The SMILES string of the molecule is O=C(Nc1ccccc1[N+](=O)[O-])[C@@H]1CCCN1. The molecule has 0 unspecified atom stereocenters. The number of carbonyl (C=O) groups is 1. The van der Waals surface area contributed by atoms with Gasteiger partial charge in [0.1, 0.15) is 5.69 Å². The zero-order valence-corrected chi connectivity index (χ0v) is 9.18. The molecule has 17 heavy (non-hydrogen) atoms. The molecule has 1 atom stereocenters. The lowest BCUT2D eigenvalue weighted by molar-refractivity contribution is -0.383. The van der Waals surface area contributed by atoms with E-state index in [4.69, 9.17) is 0 Å². The Morgan fingerprint density at radius 3 is 2.88 bits per heavy atom. The summed E-state index contributed by atoms with van der Waals surface area (Å²) < 4.78 is 0. The standard InChI is InChI=1S/C11H13N3O3/c15-11(9-5-3-7-12-9)13-8-4-1-2-6-10(8)14(16)17/h1-2,4,6,9,12H,3,5,7H2,(H,13,15)/t9-/m0/s1. The minimum Gasteiger partial charge on any atom is -0.319 e. The molecule has 90 valence electrons. The Morgan fingerprint density at radius 2 is 2.24 bits per heavy atom. The van der Waals surface area contributed by atoms with Crippen molar-refractivity contribution in [3.05, 3.63) is 34.4 Å². The number of carbonyl (C=O) groups excluding carboxylic acids is 1. The molecule has 0 aliphatic carbocycles. The molecule has 0 bridgehead atoms. The predicted octanol–water partition coefficient (Wildman–Crippen LogP) is 1.29. The van der Waals surface area contributed by atoms with Crippen molar-refractivity contribution >= 4 is 17.3 Å². The van der Waals surface area contributed by atoms with Crippen molar-refractivity contribution in [2.75, 3.05) is 11.9 Å². The van der Waals surface area contributed by atoms with Crippen molar-refractivity contribution in [3.8, 4) is 0 Å². The summed E-state index contributed by atoms with van der Waals surface area (Å²) in [6, 6.07) is 5.89. The summed E-state index contributed by atoms with van der Waals surface area (Å²) in [5.74, 6) is -0.211. The molecule has 2 rings (SSSR count). The van der Waals surface area contributed by atoms with E-state index in [0.29, 0.717) is 0 Å². The molecule has 1 aliphatic heterocycles. The van der Waals surface area contributed by atoms with Crippen molar-refractivity contribution in [3.63, 3.8) is 0 Å². The average molecular weight is 235 g/mol. The van der Waals surface area contributed by atoms with Gasteiger partial charge in [0.15, 0.2) is 0 Å². The van der Waals surface area contributed by atoms with Gasteiger partial charge in [-0.3, -0.25) is 14.9 Å². The molecule has 1 heterocycles. The van der Waals surface area contributed by atoms with Gasteiger partial charge in [-0.05, 0) is 25.5 Å². The zero-order valence-electron chi connectivity index (χ0n) is 9.18. The van der Waals surface area contributed by atoms with Crippen molar-refractivity contribution in [1.82, 2.24) is 5.32 Å². The van der Waals surface area contributed by atoms with Gasteiger partial charge >= 0.3 is 0 Å². The maximum Gasteiger partial charge on any atom is 0.292 e. The summed E-state index contributed by atoms with van der Waals surface area (Å²) in [6.45, 7) is 0.814. The molecule has 6 nitrogen and oxygen atoms in total. The molecule has 1 aliphatic rings. The maximum absolute atomic E-state index is 11.8. The van der Waals surface area contributed by atoms with E-state index in [1.807, 2.05) is 0 Å². The molecule has 0 spiro atoms. The highest BCUT2D eigenvalue weighted by atomic mass is 16.6. The first-order chi connectivity index (χ1) is 8.18. The molecule has 0 aromatic heterocycles. The van der Waals surface area contributed by atoms with E-state index in [1.54, 1.807) is 12.1 Å². The van der Waals surface area contributed by atoms with Crippen LogP contribution in [0.3, 0.4) is 0 Å². The summed E-state index contributed by atoms with van der Waals surface area (Å²) >= 11 is 0. The fourth-order valence-corrected chi connectivity index (χ4v) is 1.87. The molecule has 6 heteroatoms. The van der Waals surface area contributed by atoms with Crippen LogP contribution in [-0.2, 0) is 4.79 Å². The Bertz CT molecular complexity index is 441. The molecule has 0 radical (unpaired) electrons. The zero-order chi connectivity index (χ0) is 12.3. The summed E-state index contributed by atoms with van der Waals surface area (Å²) in [5, 5.41) is 16.4. The van der Waals surface area contributed by atoms with Gasteiger partial charge in [0.2, 0.25) is 5.91 Å². The second kappa shape index (κ2) is 4.92. The van der Waals surface area contributed by atoms with Crippen LogP contribution >= 0.6 is 0 Å². The van der Waals surface area contributed by atoms with Gasteiger partial charge in [-0.2, -0.15) is 0 Å². The summed E-state index contributed by atoms with van der Waals surface area (Å²) in [4.78, 5) is 22.1. The second-order valence-corrected chi connectivity index (χ2v) is 3.91. The Balaban J connectivity index is 2.12. The third kappa shape index (κ3) is 2.59. The van der Waals surface area contributed by atoms with E-state index in [1.165, 1.54) is 12.1 Å². The van der Waals surface area contributed by atoms with E-state index in [2.05, 4.69) is 10.6 Å². The number of nitrogens with zero attached hydrogens (tertiary/aromatic N) is 1. The largest absolute Gasteiger partial charge is 0.319 e. The first-order valence-corrected chi connectivity index (χ1v) is 5.46. The van der Waals surface area contributed by atoms with E-state index < -0.39 is 4.92 Å². The van der Waals surface area contributed by atoms with E-state index in [9.17, 15) is 14.9 Å². The van der Waals surface area contributed by atoms with Gasteiger partial charge < -0.3 is 10.6 Å². The topological polar surface area (TPSA) is 84.3 Å². The summed E-state index contributed by atoms with van der Waals surface area (Å²) in [7, 11) is 0. The third-order valence-electron chi connectivity index (χ3n) is 2.74. The van der Waals surface area contributed by atoms with E-state index in [0.717, 1.165) is 19.4 Å². The Hall–Kier alpha value is -1.95. The Morgan fingerprint density at radius 1 is 1.47 bits per heavy atom. The second-order valence-electron chi connectivity index (χ2n) is 3.91. The number of nitrogens with one attached hydrogen (secondary N) is 2. The van der Waals surface area contributed by atoms with Crippen molar-refractivity contribution < 1.29 is 9.72 Å². The van der Waals surface area contributed by atoms with Gasteiger partial charge in [-0.1, -0.05) is 12.1 Å². The molecule has 2 N–H and O–H groups in total. The summed E-state index contributed by atoms with van der Waals surface area (Å²) in [6.07, 6.45) is 1.72. The van der Waals surface area contributed by atoms with Crippen LogP contribution in [0, 0.1) is 10.1 Å². The number of benzene rings is 1. The first kappa shape index (κ1) is 11.5. The Kier molecular flexibility index (Phi) is 3.34. The maximum atomic E-state index is 11.8. The van der Waals surface area contributed by atoms with Crippen LogP contribution in [0.1, 0.15) is 12.8 Å². The Labute approximate surface area is 98.2 Å². The van der Waals surface area contributed by atoms with Crippen LogP contribution in [0.4, 0.5) is 11.4 Å². The monoisotopic (exact) mass is 235 g/mol. The number of hydrogen-bond acceptors (Lipinski definition) is 4. The van der Waals surface area contributed by atoms with E-state index >= 15 is 0 Å². The lowest BCUT2D eigenvalue weighted by Gasteiger charge is -2.10. The van der Waals surface area contributed by atoms with Crippen LogP contribution in [0.2, 0.25) is 0 Å². The van der Waals surface area contributed by atoms with Crippen LogP contribution in [0.25, 0.3) is 0 Å². The van der Waals surface area contributed by atoms with Crippen molar-refractivity contribution in [2.24, 2.45) is 0 Å². The quantitative estimate of drug-likeness (QED) is 0.610. The minimum absolute atomic E-state index is 0.0844. The number of rotatable bonds is 3. The molecule has 0 saturated carbocycles. The van der Waals surface area contributed by atoms with Gasteiger partial charge in [-0.15, -0.1) is 0 Å². The number of hydrogen-bond donors (Lipinski definition) is 2. The van der Waals surface area contributed by atoms with Crippen molar-refractivity contribution in [1.29, 1.82) is 0 Å². The van der Waals surface area contributed by atoms with Crippen LogP contribution in [0.15, 0.2) is 24.3 Å². The van der Waals surface area contributed by atoms with Gasteiger partial charge in [0, 0.05) is 6.07 Å². The third-order valence-corrected chi connectivity index (χ3v) is 2.74. The van der Waals surface area contributed by atoms with Crippen LogP contribution < -0.4 is 10.6 Å². The molecule has 1 aromatic rings. The van der Waals surface area contributed by atoms with Crippen LogP contribution in [-0.4, -0.2) is 23.4 Å². The minimum atomic E-state index is -0.502. The van der Waals surface area contributed by atoms with Gasteiger partial charge in [0.05, 0.1) is 11.0 Å². The molecule has 1 saturated heterocycles. The summed E-state index contributed by atoms with van der Waals surface area (Å²) in [5.41, 5.74) is 0.162. The fourth-order valence-electron chi connectivity index (χ4n) is 1.87. The highest BCUT2D eigenvalue weighted by Crippen LogP contribution is 2.23. The van der Waals surface area contributed by atoms with Gasteiger partial charge in [-0.25, -0.2) is 0 Å². The number of nitro groups is 1. The molecule has 1 amide bonds. The van der Waals surface area contributed by atoms with Crippen molar-refractivity contribution in [2.45, 2.75) is 18.9 Å². The average Bonchev–Trinajstić information content (AvgIpc) is 2.83. The molecular formula is C11H13N3O3. The number of amides is 1. The van der Waals surface area contributed by atoms with E-state index in [-0.39, 0.29) is 23.3 Å². The highest BCUT2D eigenvalue weighted by molar-refractivity contribution is 5.96. The normalized spacial score (nSPS) is 18.9. The predicted molar refractivity (Wildman–Crippen MR) is 62.8 cm³/mol. The molecular weight excluding hydrogens is 222 g/mol. The first-order valence-electron chi connectivity index (χ1n) is 5.46. The van der Waals surface area contributed by atoms with Crippen LogP contribution in [0.5, 0.6) is 0 Å². The molecule has 1 fully saturated rings. The lowest BCUT2D eigenvalue weighted by Crippen LogP contribution is -2.35. The smallest absolute Gasteiger partial charge is 0.292 e. The number of para-hydroxylation sites is 2. The highest BCUT2D eigenvalue weighted by Gasteiger charge is 2.24.